The van der Waals surface area contributed by atoms with E-state index < -0.39 is 0 Å². The third-order valence-corrected chi connectivity index (χ3v) is 5.82. The SMILES string of the molecule is COC(=O)[C@H]1C[C@]23C=CC(=O)CC2N1Cc1cc(OC)c(OC)cc13. The molecule has 6 nitrogen and oxygen atoms in total. The lowest BCUT2D eigenvalue weighted by Crippen LogP contribution is -2.50. The molecule has 1 aliphatic carbocycles. The molecule has 2 heterocycles. The van der Waals surface area contributed by atoms with E-state index in [-0.39, 0.29) is 29.3 Å². The van der Waals surface area contributed by atoms with E-state index in [0.717, 1.165) is 11.1 Å². The number of fused-ring (bicyclic) bond motifs is 1. The first-order chi connectivity index (χ1) is 12.0. The zero-order chi connectivity index (χ0) is 17.8. The summed E-state index contributed by atoms with van der Waals surface area (Å²) in [5, 5.41) is 0. The molecule has 0 radical (unpaired) electrons. The molecule has 0 amide bonds. The van der Waals surface area contributed by atoms with Crippen LogP contribution in [-0.4, -0.2) is 50.1 Å². The van der Waals surface area contributed by atoms with Crippen LogP contribution in [0.15, 0.2) is 24.3 Å². The second kappa shape index (κ2) is 5.59. The molecule has 3 aliphatic rings. The first-order valence-electron chi connectivity index (χ1n) is 8.35. The molecule has 2 bridgehead atoms. The van der Waals surface area contributed by atoms with Crippen LogP contribution in [0.3, 0.4) is 0 Å². The molecule has 6 heteroatoms. The molecule has 4 atom stereocenters. The van der Waals surface area contributed by atoms with Crippen LogP contribution in [0.2, 0.25) is 0 Å². The van der Waals surface area contributed by atoms with Crippen LogP contribution in [0.4, 0.5) is 0 Å². The molecule has 1 fully saturated rings. The van der Waals surface area contributed by atoms with Crippen molar-refractivity contribution in [1.82, 2.24) is 4.90 Å². The molecule has 25 heavy (non-hydrogen) atoms. The zero-order valence-corrected chi connectivity index (χ0v) is 14.6. The van der Waals surface area contributed by atoms with Gasteiger partial charge in [0, 0.05) is 24.4 Å². The summed E-state index contributed by atoms with van der Waals surface area (Å²) in [5.74, 6) is 1.18. The van der Waals surface area contributed by atoms with Gasteiger partial charge in [0.05, 0.1) is 21.3 Å². The van der Waals surface area contributed by atoms with Crippen LogP contribution in [-0.2, 0) is 26.3 Å². The third kappa shape index (κ3) is 2.13. The predicted molar refractivity (Wildman–Crippen MR) is 89.7 cm³/mol. The summed E-state index contributed by atoms with van der Waals surface area (Å²) in [4.78, 5) is 26.5. The van der Waals surface area contributed by atoms with Crippen molar-refractivity contribution >= 4 is 11.8 Å². The maximum Gasteiger partial charge on any atom is 0.323 e. The van der Waals surface area contributed by atoms with Crippen molar-refractivity contribution in [2.24, 2.45) is 0 Å². The van der Waals surface area contributed by atoms with E-state index in [1.165, 1.54) is 7.11 Å². The number of nitrogens with zero attached hydrogens (tertiary/aromatic N) is 1. The monoisotopic (exact) mass is 343 g/mol. The van der Waals surface area contributed by atoms with Crippen molar-refractivity contribution in [2.75, 3.05) is 21.3 Å². The van der Waals surface area contributed by atoms with Gasteiger partial charge in [0.1, 0.15) is 6.04 Å². The van der Waals surface area contributed by atoms with Gasteiger partial charge in [-0.2, -0.15) is 0 Å². The van der Waals surface area contributed by atoms with Gasteiger partial charge < -0.3 is 14.2 Å². The summed E-state index contributed by atoms with van der Waals surface area (Å²) in [5.41, 5.74) is 1.83. The Hall–Kier alpha value is -2.34. The highest BCUT2D eigenvalue weighted by Gasteiger charge is 2.59. The van der Waals surface area contributed by atoms with Gasteiger partial charge >= 0.3 is 5.97 Å². The van der Waals surface area contributed by atoms with Crippen molar-refractivity contribution in [3.63, 3.8) is 0 Å². The van der Waals surface area contributed by atoms with Crippen LogP contribution < -0.4 is 9.47 Å². The van der Waals surface area contributed by atoms with Crippen LogP contribution in [0.1, 0.15) is 24.0 Å². The van der Waals surface area contributed by atoms with E-state index in [1.54, 1.807) is 20.3 Å². The molecule has 0 aromatic heterocycles. The fourth-order valence-corrected chi connectivity index (χ4v) is 4.70. The average Bonchev–Trinajstić information content (AvgIpc) is 2.87. The highest BCUT2D eigenvalue weighted by Crippen LogP contribution is 2.54. The zero-order valence-electron chi connectivity index (χ0n) is 14.6. The second-order valence-electron chi connectivity index (χ2n) is 6.84. The molecule has 1 aromatic rings. The second-order valence-corrected chi connectivity index (χ2v) is 6.84. The Balaban J connectivity index is 1.91. The number of carbonyl (C=O) groups excluding carboxylic acids is 2. The van der Waals surface area contributed by atoms with Gasteiger partial charge in [-0.05, 0) is 35.8 Å². The van der Waals surface area contributed by atoms with Crippen LogP contribution >= 0.6 is 0 Å². The number of ether oxygens (including phenoxy) is 3. The molecule has 1 aromatic carbocycles. The lowest BCUT2D eigenvalue weighted by molar-refractivity contribution is -0.146. The minimum absolute atomic E-state index is 0.0281. The van der Waals surface area contributed by atoms with Crippen molar-refractivity contribution in [1.29, 1.82) is 0 Å². The molecule has 1 saturated heterocycles. The number of carbonyl (C=O) groups is 2. The van der Waals surface area contributed by atoms with Crippen LogP contribution in [0, 0.1) is 0 Å². The van der Waals surface area contributed by atoms with Gasteiger partial charge in [0.25, 0.3) is 0 Å². The van der Waals surface area contributed by atoms with Crippen molar-refractivity contribution in [3.8, 4) is 11.5 Å². The first-order valence-corrected chi connectivity index (χ1v) is 8.35. The van der Waals surface area contributed by atoms with E-state index in [1.807, 2.05) is 18.2 Å². The van der Waals surface area contributed by atoms with Crippen molar-refractivity contribution in [3.05, 3.63) is 35.4 Å². The van der Waals surface area contributed by atoms with Crippen molar-refractivity contribution < 1.29 is 23.8 Å². The molecule has 0 N–H and O–H groups in total. The smallest absolute Gasteiger partial charge is 0.323 e. The maximum atomic E-state index is 12.4. The third-order valence-electron chi connectivity index (χ3n) is 5.82. The van der Waals surface area contributed by atoms with Crippen molar-refractivity contribution in [2.45, 2.75) is 36.9 Å². The number of hydrogen-bond donors (Lipinski definition) is 0. The van der Waals surface area contributed by atoms with Gasteiger partial charge in [-0.3, -0.25) is 14.5 Å². The predicted octanol–water partition coefficient (Wildman–Crippen LogP) is 1.60. The van der Waals surface area contributed by atoms with E-state index >= 15 is 0 Å². The lowest BCUT2D eigenvalue weighted by Gasteiger charge is -2.44. The topological polar surface area (TPSA) is 65.1 Å². The number of hydrogen-bond acceptors (Lipinski definition) is 6. The molecule has 0 spiro atoms. The van der Waals surface area contributed by atoms with E-state index in [0.29, 0.717) is 30.9 Å². The standard InChI is InChI=1S/C19H21NO5/c1-23-15-6-11-10-20-14(18(22)25-3)9-19(13(11)8-16(15)24-2)5-4-12(21)7-17(19)20/h4-6,8,14,17H,7,9-10H2,1-3H3/t14-,17?,19+/m1/s1. The summed E-state index contributed by atoms with van der Waals surface area (Å²) in [6.45, 7) is 0.586. The van der Waals surface area contributed by atoms with Crippen LogP contribution in [0.5, 0.6) is 11.5 Å². The fourth-order valence-electron chi connectivity index (χ4n) is 4.70. The molecule has 0 saturated carbocycles. The quantitative estimate of drug-likeness (QED) is 0.777. The summed E-state index contributed by atoms with van der Waals surface area (Å²) in [6.07, 6.45) is 4.65. The van der Waals surface area contributed by atoms with Crippen LogP contribution in [0.25, 0.3) is 0 Å². The summed E-state index contributed by atoms with van der Waals surface area (Å²) < 4.78 is 15.9. The van der Waals surface area contributed by atoms with Gasteiger partial charge in [-0.15, -0.1) is 0 Å². The maximum absolute atomic E-state index is 12.4. The van der Waals surface area contributed by atoms with E-state index in [2.05, 4.69) is 4.90 Å². The molecule has 2 unspecified atom stereocenters. The highest BCUT2D eigenvalue weighted by molar-refractivity contribution is 5.93. The molecule has 4 rings (SSSR count). The number of ketones is 1. The first kappa shape index (κ1) is 16.1. The number of allylic oxidation sites excluding steroid dienone is 1. The van der Waals surface area contributed by atoms with Gasteiger partial charge in [0.15, 0.2) is 17.3 Å². The van der Waals surface area contributed by atoms with Gasteiger partial charge in [0.2, 0.25) is 0 Å². The minimum Gasteiger partial charge on any atom is -0.493 e. The van der Waals surface area contributed by atoms with Gasteiger partial charge in [-0.25, -0.2) is 0 Å². The number of rotatable bonds is 3. The van der Waals surface area contributed by atoms with Gasteiger partial charge in [-0.1, -0.05) is 6.08 Å². The number of benzene rings is 1. The number of esters is 1. The molecule has 2 aliphatic heterocycles. The summed E-state index contributed by atoms with van der Waals surface area (Å²) in [7, 11) is 4.63. The molecule has 132 valence electrons. The fraction of sp³-hybridized carbons (Fsp3) is 0.474. The summed E-state index contributed by atoms with van der Waals surface area (Å²) in [6, 6.07) is 3.59. The average molecular weight is 343 g/mol. The largest absolute Gasteiger partial charge is 0.493 e. The Kier molecular flexibility index (Phi) is 3.61. The summed E-state index contributed by atoms with van der Waals surface area (Å²) >= 11 is 0. The Morgan fingerprint density at radius 2 is 1.92 bits per heavy atom. The molecular formula is C19H21NO5. The van der Waals surface area contributed by atoms with E-state index in [9.17, 15) is 9.59 Å². The van der Waals surface area contributed by atoms with E-state index in [4.69, 9.17) is 14.2 Å². The lowest BCUT2D eigenvalue weighted by atomic mass is 9.66. The minimum atomic E-state index is -0.375. The Morgan fingerprint density at radius 3 is 2.60 bits per heavy atom. The Bertz CT molecular complexity index is 786. The number of methoxy groups -OCH3 is 3. The Labute approximate surface area is 146 Å². The molecular weight excluding hydrogens is 322 g/mol. The Morgan fingerprint density at radius 1 is 1.20 bits per heavy atom. The highest BCUT2D eigenvalue weighted by atomic mass is 16.5. The normalized spacial score (nSPS) is 32.0.